The van der Waals surface area contributed by atoms with Crippen LogP contribution in [0.25, 0.3) is 0 Å². The zero-order valence-electron chi connectivity index (χ0n) is 18.3. The lowest BCUT2D eigenvalue weighted by Gasteiger charge is -2.28. The van der Waals surface area contributed by atoms with Crippen LogP contribution in [0, 0.1) is 5.82 Å². The van der Waals surface area contributed by atoms with E-state index in [9.17, 15) is 9.18 Å². The molecule has 34 heavy (non-hydrogen) atoms. The molecule has 7 nitrogen and oxygen atoms in total. The molecule has 9 heteroatoms. The average Bonchev–Trinajstić information content (AvgIpc) is 3.26. The smallest absolute Gasteiger partial charge is 0.255 e. The van der Waals surface area contributed by atoms with Gasteiger partial charge in [0.05, 0.1) is 5.57 Å². The molecule has 5 rings (SSSR count). The molecule has 0 saturated heterocycles. The molecular weight excluding hydrogens is 451 g/mol. The van der Waals surface area contributed by atoms with Crippen molar-refractivity contribution in [2.75, 3.05) is 10.6 Å². The second-order valence-corrected chi connectivity index (χ2v) is 8.66. The number of nitrogens with zero attached hydrogens (tertiary/aromatic N) is 4. The van der Waals surface area contributed by atoms with Crippen molar-refractivity contribution < 1.29 is 9.18 Å². The normalized spacial score (nSPS) is 14.9. The van der Waals surface area contributed by atoms with E-state index in [1.165, 1.54) is 17.8 Å². The Morgan fingerprint density at radius 2 is 1.91 bits per heavy atom. The second-order valence-electron chi connectivity index (χ2n) is 7.72. The number of fused-ring (bicyclic) bond motifs is 1. The summed E-state index contributed by atoms with van der Waals surface area (Å²) in [6.07, 6.45) is 3.40. The number of aromatic nitrogens is 4. The van der Waals surface area contributed by atoms with Crippen LogP contribution >= 0.6 is 11.8 Å². The average molecular weight is 473 g/mol. The number of benzene rings is 2. The molecule has 2 N–H and O–H groups in total. The van der Waals surface area contributed by atoms with E-state index >= 15 is 0 Å². The Labute approximate surface area is 200 Å². The fourth-order valence-corrected chi connectivity index (χ4v) is 4.63. The Balaban J connectivity index is 1.48. The minimum Gasteiger partial charge on any atom is -0.328 e. The molecule has 0 fully saturated rings. The molecule has 0 unspecified atom stereocenters. The maximum absolute atomic E-state index is 14.0. The van der Waals surface area contributed by atoms with Gasteiger partial charge in [-0.1, -0.05) is 54.2 Å². The first-order valence-electron chi connectivity index (χ1n) is 10.7. The topological polar surface area (TPSA) is 84.7 Å². The number of halogens is 1. The summed E-state index contributed by atoms with van der Waals surface area (Å²) >= 11 is 1.33. The number of para-hydroxylation sites is 1. The van der Waals surface area contributed by atoms with Crippen molar-refractivity contribution in [3.63, 3.8) is 0 Å². The number of thioether (sulfide) groups is 1. The Bertz CT molecular complexity index is 1360. The molecule has 0 saturated carbocycles. The van der Waals surface area contributed by atoms with Crippen LogP contribution in [0.4, 0.5) is 16.0 Å². The first-order valence-corrected chi connectivity index (χ1v) is 11.7. The third-order valence-corrected chi connectivity index (χ3v) is 6.31. The molecule has 1 aliphatic rings. The SMILES string of the molecule is CC1=C(C(=O)Nc2ccccc2)[C@H](c2cccnc2)n2nc(SCc3ccccc3F)nc2N1. The highest BCUT2D eigenvalue weighted by Gasteiger charge is 2.34. The third-order valence-electron chi connectivity index (χ3n) is 5.42. The van der Waals surface area contributed by atoms with E-state index in [0.717, 1.165) is 5.56 Å². The number of pyridine rings is 1. The van der Waals surface area contributed by atoms with Crippen molar-refractivity contribution >= 4 is 29.3 Å². The molecule has 0 bridgehead atoms. The van der Waals surface area contributed by atoms with Gasteiger partial charge in [-0.3, -0.25) is 9.78 Å². The zero-order chi connectivity index (χ0) is 23.5. The highest BCUT2D eigenvalue weighted by Crippen LogP contribution is 2.36. The summed E-state index contributed by atoms with van der Waals surface area (Å²) in [6.45, 7) is 1.84. The van der Waals surface area contributed by atoms with Crippen LogP contribution in [-0.2, 0) is 10.5 Å². The summed E-state index contributed by atoms with van der Waals surface area (Å²) < 4.78 is 15.7. The zero-order valence-corrected chi connectivity index (χ0v) is 19.1. The summed E-state index contributed by atoms with van der Waals surface area (Å²) in [5.41, 5.74) is 3.27. The minimum absolute atomic E-state index is 0.244. The van der Waals surface area contributed by atoms with E-state index in [-0.39, 0.29) is 11.7 Å². The van der Waals surface area contributed by atoms with Gasteiger partial charge >= 0.3 is 0 Å². The minimum atomic E-state index is -0.524. The fraction of sp³-hybridized carbons (Fsp3) is 0.120. The molecule has 0 spiro atoms. The molecule has 1 atom stereocenters. The highest BCUT2D eigenvalue weighted by atomic mass is 32.2. The lowest BCUT2D eigenvalue weighted by atomic mass is 9.96. The lowest BCUT2D eigenvalue weighted by Crippen LogP contribution is -2.31. The van der Waals surface area contributed by atoms with Gasteiger partial charge in [0.25, 0.3) is 5.91 Å². The van der Waals surface area contributed by atoms with Gasteiger partial charge in [0.15, 0.2) is 0 Å². The van der Waals surface area contributed by atoms with Gasteiger partial charge in [-0.05, 0) is 42.3 Å². The van der Waals surface area contributed by atoms with E-state index < -0.39 is 6.04 Å². The molecule has 170 valence electrons. The van der Waals surface area contributed by atoms with Crippen LogP contribution in [0.5, 0.6) is 0 Å². The standard InChI is InChI=1S/C25H21FN6OS/c1-16-21(23(33)29-19-10-3-2-4-11-19)22(17-9-7-13-27-14-17)32-24(28-16)30-25(31-32)34-15-18-8-5-6-12-20(18)26/h2-14,22H,15H2,1H3,(H,29,33)(H,28,30,31)/t22-/m0/s1. The van der Waals surface area contributed by atoms with Gasteiger partial charge in [0.2, 0.25) is 11.1 Å². The van der Waals surface area contributed by atoms with Crippen LogP contribution in [0.2, 0.25) is 0 Å². The van der Waals surface area contributed by atoms with Crippen LogP contribution in [-0.4, -0.2) is 25.7 Å². The van der Waals surface area contributed by atoms with Crippen molar-refractivity contribution in [2.24, 2.45) is 0 Å². The molecule has 3 heterocycles. The van der Waals surface area contributed by atoms with E-state index in [1.807, 2.05) is 49.4 Å². The van der Waals surface area contributed by atoms with E-state index in [1.54, 1.807) is 35.3 Å². The number of rotatable bonds is 6. The van der Waals surface area contributed by atoms with Gasteiger partial charge in [0, 0.05) is 29.5 Å². The fourth-order valence-electron chi connectivity index (χ4n) is 3.81. The highest BCUT2D eigenvalue weighted by molar-refractivity contribution is 7.98. The monoisotopic (exact) mass is 472 g/mol. The van der Waals surface area contributed by atoms with Crippen molar-refractivity contribution in [3.8, 4) is 0 Å². The van der Waals surface area contributed by atoms with Crippen LogP contribution in [0.1, 0.15) is 24.1 Å². The second kappa shape index (κ2) is 9.48. The molecule has 2 aromatic carbocycles. The maximum atomic E-state index is 14.0. The van der Waals surface area contributed by atoms with E-state index in [2.05, 4.69) is 25.7 Å². The summed E-state index contributed by atoms with van der Waals surface area (Å²) in [5, 5.41) is 11.3. The summed E-state index contributed by atoms with van der Waals surface area (Å²) in [5.74, 6) is 0.398. The van der Waals surface area contributed by atoms with Gasteiger partial charge < -0.3 is 10.6 Å². The predicted molar refractivity (Wildman–Crippen MR) is 130 cm³/mol. The van der Waals surface area contributed by atoms with Crippen LogP contribution in [0.15, 0.2) is 95.6 Å². The maximum Gasteiger partial charge on any atom is 0.255 e. The van der Waals surface area contributed by atoms with Gasteiger partial charge in [0.1, 0.15) is 11.9 Å². The van der Waals surface area contributed by atoms with E-state index in [0.29, 0.717) is 39.4 Å². The number of hydrogen-bond acceptors (Lipinski definition) is 6. The van der Waals surface area contributed by atoms with E-state index in [4.69, 9.17) is 0 Å². The van der Waals surface area contributed by atoms with Gasteiger partial charge in [-0.25, -0.2) is 9.07 Å². The largest absolute Gasteiger partial charge is 0.328 e. The molecular formula is C25H21FN6OS. The first-order chi connectivity index (χ1) is 16.6. The first kappa shape index (κ1) is 21.8. The number of allylic oxidation sites excluding steroid dienone is 1. The van der Waals surface area contributed by atoms with Crippen molar-refractivity contribution in [1.82, 2.24) is 19.7 Å². The Hall–Kier alpha value is -3.98. The number of anilines is 2. The lowest BCUT2D eigenvalue weighted by molar-refractivity contribution is -0.113. The molecule has 0 aliphatic carbocycles. The number of nitrogens with one attached hydrogen (secondary N) is 2. The Kier molecular flexibility index (Phi) is 6.09. The van der Waals surface area contributed by atoms with Crippen molar-refractivity contribution in [2.45, 2.75) is 23.9 Å². The quantitative estimate of drug-likeness (QED) is 0.383. The summed E-state index contributed by atoms with van der Waals surface area (Å²) in [4.78, 5) is 22.2. The number of hydrogen-bond donors (Lipinski definition) is 2. The summed E-state index contributed by atoms with van der Waals surface area (Å²) in [6, 6.07) is 19.1. The molecule has 1 amide bonds. The Morgan fingerprint density at radius 3 is 2.68 bits per heavy atom. The number of carbonyl (C=O) groups excluding carboxylic acids is 1. The van der Waals surface area contributed by atoms with Gasteiger partial charge in [-0.15, -0.1) is 5.10 Å². The molecule has 1 aliphatic heterocycles. The summed E-state index contributed by atoms with van der Waals surface area (Å²) in [7, 11) is 0. The van der Waals surface area contributed by atoms with Crippen molar-refractivity contribution in [3.05, 3.63) is 107 Å². The predicted octanol–water partition coefficient (Wildman–Crippen LogP) is 5.03. The van der Waals surface area contributed by atoms with Crippen molar-refractivity contribution in [1.29, 1.82) is 0 Å². The molecule has 4 aromatic rings. The number of amides is 1. The third kappa shape index (κ3) is 4.42. The Morgan fingerprint density at radius 1 is 1.12 bits per heavy atom. The molecule has 2 aromatic heterocycles. The molecule has 0 radical (unpaired) electrons. The number of carbonyl (C=O) groups is 1. The van der Waals surface area contributed by atoms with Crippen LogP contribution in [0.3, 0.4) is 0 Å². The van der Waals surface area contributed by atoms with Crippen LogP contribution < -0.4 is 10.6 Å². The van der Waals surface area contributed by atoms with Gasteiger partial charge in [-0.2, -0.15) is 4.98 Å².